The SMILES string of the molecule is C=C1CC[C@@H](O)C/C1=C/C=C1\CCC[C@@]2(C)[C@H]1CC[C@H]2[C@H](C)CCCC(C)C. The molecule has 3 aliphatic carbocycles. The minimum atomic E-state index is -0.172. The van der Waals surface area contributed by atoms with Crippen LogP contribution in [-0.4, -0.2) is 11.2 Å². The Balaban J connectivity index is 1.70. The summed E-state index contributed by atoms with van der Waals surface area (Å²) in [5.41, 5.74) is 4.72. The van der Waals surface area contributed by atoms with E-state index >= 15 is 0 Å². The summed E-state index contributed by atoms with van der Waals surface area (Å²) in [5, 5.41) is 10.0. The third kappa shape index (κ3) is 4.84. The molecular weight excluding hydrogens is 340 g/mol. The Morgan fingerprint density at radius 3 is 2.64 bits per heavy atom. The quantitative estimate of drug-likeness (QED) is 0.499. The predicted octanol–water partition coefficient (Wildman–Crippen LogP) is 7.62. The van der Waals surface area contributed by atoms with Crippen LogP contribution in [0.15, 0.2) is 35.5 Å². The van der Waals surface area contributed by atoms with Gasteiger partial charge in [0.2, 0.25) is 0 Å². The Bertz CT molecular complexity index is 610. The lowest BCUT2D eigenvalue weighted by molar-refractivity contribution is 0.0929. The highest BCUT2D eigenvalue weighted by Gasteiger charge is 2.50. The van der Waals surface area contributed by atoms with Crippen LogP contribution in [0.1, 0.15) is 98.3 Å². The molecule has 0 aromatic carbocycles. The number of hydrogen-bond donors (Lipinski definition) is 1. The van der Waals surface area contributed by atoms with Gasteiger partial charge >= 0.3 is 0 Å². The van der Waals surface area contributed by atoms with Crippen molar-refractivity contribution >= 4 is 0 Å². The van der Waals surface area contributed by atoms with Crippen LogP contribution in [0.25, 0.3) is 0 Å². The van der Waals surface area contributed by atoms with Crippen molar-refractivity contribution in [3.05, 3.63) is 35.5 Å². The molecule has 1 nitrogen and oxygen atoms in total. The fourth-order valence-electron chi connectivity index (χ4n) is 6.66. The maximum absolute atomic E-state index is 10.0. The van der Waals surface area contributed by atoms with Crippen LogP contribution in [0.5, 0.6) is 0 Å². The average Bonchev–Trinajstić information content (AvgIpc) is 2.99. The second-order valence-corrected chi connectivity index (χ2v) is 10.8. The summed E-state index contributed by atoms with van der Waals surface area (Å²) in [5.74, 6) is 3.37. The van der Waals surface area contributed by atoms with Gasteiger partial charge in [-0.15, -0.1) is 0 Å². The molecule has 0 saturated heterocycles. The molecule has 0 spiro atoms. The van der Waals surface area contributed by atoms with Crippen molar-refractivity contribution in [1.82, 2.24) is 0 Å². The molecule has 3 fully saturated rings. The van der Waals surface area contributed by atoms with Crippen molar-refractivity contribution in [2.45, 2.75) is 104 Å². The van der Waals surface area contributed by atoms with Crippen molar-refractivity contribution in [2.24, 2.45) is 29.1 Å². The van der Waals surface area contributed by atoms with Gasteiger partial charge in [-0.2, -0.15) is 0 Å². The van der Waals surface area contributed by atoms with E-state index in [1.165, 1.54) is 62.5 Å². The van der Waals surface area contributed by atoms with Crippen molar-refractivity contribution in [1.29, 1.82) is 0 Å². The molecule has 0 aromatic heterocycles. The molecule has 158 valence electrons. The smallest absolute Gasteiger partial charge is 0.0583 e. The molecule has 1 heteroatoms. The molecule has 3 rings (SSSR count). The van der Waals surface area contributed by atoms with Crippen LogP contribution in [-0.2, 0) is 0 Å². The lowest BCUT2D eigenvalue weighted by atomic mass is 9.60. The summed E-state index contributed by atoms with van der Waals surface area (Å²) in [7, 11) is 0. The van der Waals surface area contributed by atoms with E-state index in [4.69, 9.17) is 0 Å². The lowest BCUT2D eigenvalue weighted by Gasteiger charge is -2.44. The van der Waals surface area contributed by atoms with Crippen molar-refractivity contribution in [3.8, 4) is 0 Å². The van der Waals surface area contributed by atoms with Crippen molar-refractivity contribution < 1.29 is 5.11 Å². The molecule has 0 aromatic rings. The maximum Gasteiger partial charge on any atom is 0.0583 e. The van der Waals surface area contributed by atoms with E-state index < -0.39 is 0 Å². The first kappa shape index (κ1) is 21.9. The van der Waals surface area contributed by atoms with Crippen molar-refractivity contribution in [2.75, 3.05) is 0 Å². The highest BCUT2D eigenvalue weighted by molar-refractivity contribution is 5.36. The number of allylic oxidation sites excluding steroid dienone is 4. The number of aliphatic hydroxyl groups excluding tert-OH is 1. The Labute approximate surface area is 174 Å². The molecule has 0 unspecified atom stereocenters. The number of rotatable bonds is 6. The number of hydrogen-bond acceptors (Lipinski definition) is 1. The molecule has 3 aliphatic rings. The molecular formula is C27H44O. The molecule has 1 N–H and O–H groups in total. The van der Waals surface area contributed by atoms with Crippen molar-refractivity contribution in [3.63, 3.8) is 0 Å². The molecule has 5 atom stereocenters. The van der Waals surface area contributed by atoms with E-state index in [0.717, 1.165) is 42.9 Å². The van der Waals surface area contributed by atoms with Gasteiger partial charge in [0, 0.05) is 0 Å². The van der Waals surface area contributed by atoms with Gasteiger partial charge in [-0.3, -0.25) is 0 Å². The largest absolute Gasteiger partial charge is 0.393 e. The van der Waals surface area contributed by atoms with E-state index in [-0.39, 0.29) is 6.10 Å². The first-order valence-corrected chi connectivity index (χ1v) is 12.1. The fourth-order valence-corrected chi connectivity index (χ4v) is 6.66. The monoisotopic (exact) mass is 384 g/mol. The predicted molar refractivity (Wildman–Crippen MR) is 121 cm³/mol. The van der Waals surface area contributed by atoms with Crippen LogP contribution in [0.4, 0.5) is 0 Å². The molecule has 0 amide bonds. The molecule has 0 radical (unpaired) electrons. The summed E-state index contributed by atoms with van der Waals surface area (Å²) in [6.07, 6.45) is 18.2. The fraction of sp³-hybridized carbons (Fsp3) is 0.778. The second-order valence-electron chi connectivity index (χ2n) is 10.8. The summed E-state index contributed by atoms with van der Waals surface area (Å²) < 4.78 is 0. The van der Waals surface area contributed by atoms with Gasteiger partial charge in [0.05, 0.1) is 6.10 Å². The minimum absolute atomic E-state index is 0.172. The van der Waals surface area contributed by atoms with E-state index in [0.29, 0.717) is 5.41 Å². The summed E-state index contributed by atoms with van der Waals surface area (Å²) in [6.45, 7) is 14.1. The Kier molecular flexibility index (Phi) is 7.29. The zero-order chi connectivity index (χ0) is 20.3. The van der Waals surface area contributed by atoms with Crippen LogP contribution < -0.4 is 0 Å². The average molecular weight is 385 g/mol. The maximum atomic E-state index is 10.0. The number of fused-ring (bicyclic) bond motifs is 1. The van der Waals surface area contributed by atoms with E-state index in [2.05, 4.69) is 46.4 Å². The van der Waals surface area contributed by atoms with Crippen LogP contribution in [0.2, 0.25) is 0 Å². The molecule has 0 bridgehead atoms. The van der Waals surface area contributed by atoms with E-state index in [1.807, 2.05) is 0 Å². The van der Waals surface area contributed by atoms with Gasteiger partial charge in [-0.1, -0.05) is 76.8 Å². The lowest BCUT2D eigenvalue weighted by Crippen LogP contribution is -2.36. The first-order valence-electron chi connectivity index (χ1n) is 12.1. The minimum Gasteiger partial charge on any atom is -0.393 e. The summed E-state index contributed by atoms with van der Waals surface area (Å²) >= 11 is 0. The normalized spacial score (nSPS) is 37.6. The van der Waals surface area contributed by atoms with Crippen LogP contribution >= 0.6 is 0 Å². The molecule has 3 saturated carbocycles. The first-order chi connectivity index (χ1) is 13.3. The third-order valence-electron chi connectivity index (χ3n) is 8.35. The molecule has 0 heterocycles. The highest BCUT2D eigenvalue weighted by Crippen LogP contribution is 2.59. The standard InChI is InChI=1S/C27H44O/c1-19(2)8-6-9-21(4)25-15-16-26-22(10-7-17-27(25,26)5)12-13-23-18-24(28)14-11-20(23)3/h12-13,19,21,24-26,28H,3,6-11,14-18H2,1-2,4-5H3/b22-12+,23-13-/t21-,24-,25+,26+,27-/m1/s1. The zero-order valence-corrected chi connectivity index (χ0v) is 19.0. The molecule has 0 aliphatic heterocycles. The van der Waals surface area contributed by atoms with Crippen LogP contribution in [0.3, 0.4) is 0 Å². The van der Waals surface area contributed by atoms with E-state index in [1.54, 1.807) is 5.57 Å². The van der Waals surface area contributed by atoms with Gasteiger partial charge in [0.25, 0.3) is 0 Å². The topological polar surface area (TPSA) is 20.2 Å². The third-order valence-corrected chi connectivity index (χ3v) is 8.35. The van der Waals surface area contributed by atoms with Gasteiger partial charge in [-0.25, -0.2) is 0 Å². The zero-order valence-electron chi connectivity index (χ0n) is 19.0. The van der Waals surface area contributed by atoms with Gasteiger partial charge in [0.1, 0.15) is 0 Å². The van der Waals surface area contributed by atoms with Gasteiger partial charge in [0.15, 0.2) is 0 Å². The Morgan fingerprint density at radius 2 is 1.89 bits per heavy atom. The number of aliphatic hydroxyl groups is 1. The summed E-state index contributed by atoms with van der Waals surface area (Å²) in [6, 6.07) is 0. The van der Waals surface area contributed by atoms with Gasteiger partial charge in [-0.05, 0) is 86.0 Å². The van der Waals surface area contributed by atoms with E-state index in [9.17, 15) is 5.11 Å². The Morgan fingerprint density at radius 1 is 1.11 bits per heavy atom. The van der Waals surface area contributed by atoms with Crippen LogP contribution in [0, 0.1) is 29.1 Å². The second kappa shape index (κ2) is 9.33. The van der Waals surface area contributed by atoms with Gasteiger partial charge < -0.3 is 5.11 Å². The Hall–Kier alpha value is -0.820. The molecule has 28 heavy (non-hydrogen) atoms. The highest BCUT2D eigenvalue weighted by atomic mass is 16.3. The summed E-state index contributed by atoms with van der Waals surface area (Å²) in [4.78, 5) is 0.